The minimum atomic E-state index is 0.735. The largest absolute Gasteiger partial charge is 0.494 e. The van der Waals surface area contributed by atoms with Gasteiger partial charge in [-0.2, -0.15) is 0 Å². The fourth-order valence-corrected chi connectivity index (χ4v) is 5.72. The molecule has 1 aromatic rings. The van der Waals surface area contributed by atoms with Gasteiger partial charge in [0.05, 0.1) is 6.61 Å². The minimum absolute atomic E-state index is 0.735. The van der Waals surface area contributed by atoms with Gasteiger partial charge in [-0.15, -0.1) is 0 Å². The molecule has 0 atom stereocenters. The molecule has 0 aromatic heterocycles. The summed E-state index contributed by atoms with van der Waals surface area (Å²) < 4.78 is 5.72. The number of hydrogen-bond donors (Lipinski definition) is 0. The van der Waals surface area contributed by atoms with Crippen LogP contribution in [0.2, 0.25) is 0 Å². The molecule has 1 nitrogen and oxygen atoms in total. The number of benzene rings is 1. The molecule has 182 valence electrons. The standard InChI is InChI=1S/C32H48O/c1-3-5-9-27-12-16-30(17-13-27)20-21-31-18-14-28(15-19-31)10-7-8-11-29-22-24-32(25-23-29)33-26-6-4-2/h7,10,22-25,27-28,30-31H,3-6,9,12-21,26H2,1-2H3/t27-,28-,30-,31-. The van der Waals surface area contributed by atoms with E-state index in [-0.39, 0.29) is 0 Å². The molecule has 0 saturated heterocycles. The predicted octanol–water partition coefficient (Wildman–Crippen LogP) is 9.36. The number of allylic oxidation sites excluding steroid dienone is 2. The molecule has 0 unspecified atom stereocenters. The van der Waals surface area contributed by atoms with E-state index in [0.717, 1.165) is 54.4 Å². The maximum Gasteiger partial charge on any atom is 0.119 e. The van der Waals surface area contributed by atoms with Crippen LogP contribution in [0.15, 0.2) is 36.4 Å². The van der Waals surface area contributed by atoms with E-state index in [0.29, 0.717) is 0 Å². The Morgan fingerprint density at radius 3 is 1.94 bits per heavy atom. The van der Waals surface area contributed by atoms with Crippen LogP contribution in [0.1, 0.15) is 116 Å². The van der Waals surface area contributed by atoms with E-state index in [1.54, 1.807) is 0 Å². The van der Waals surface area contributed by atoms with Gasteiger partial charge >= 0.3 is 0 Å². The monoisotopic (exact) mass is 448 g/mol. The summed E-state index contributed by atoms with van der Waals surface area (Å²) in [6.07, 6.45) is 25.6. The van der Waals surface area contributed by atoms with Crippen LogP contribution < -0.4 is 4.74 Å². The lowest BCUT2D eigenvalue weighted by molar-refractivity contribution is 0.220. The highest BCUT2D eigenvalue weighted by Crippen LogP contribution is 2.37. The van der Waals surface area contributed by atoms with Crippen LogP contribution in [0.3, 0.4) is 0 Å². The highest BCUT2D eigenvalue weighted by atomic mass is 16.5. The van der Waals surface area contributed by atoms with Gasteiger partial charge in [-0.25, -0.2) is 0 Å². The Bertz CT molecular complexity index is 718. The van der Waals surface area contributed by atoms with Crippen molar-refractivity contribution in [1.82, 2.24) is 0 Å². The highest BCUT2D eigenvalue weighted by molar-refractivity contribution is 5.40. The molecule has 2 aliphatic carbocycles. The van der Waals surface area contributed by atoms with Gasteiger partial charge in [0.1, 0.15) is 5.75 Å². The maximum absolute atomic E-state index is 5.72. The van der Waals surface area contributed by atoms with Crippen molar-refractivity contribution in [2.75, 3.05) is 6.61 Å². The van der Waals surface area contributed by atoms with Crippen LogP contribution in [0.25, 0.3) is 0 Å². The van der Waals surface area contributed by atoms with Gasteiger partial charge in [-0.05, 0) is 86.1 Å². The molecule has 33 heavy (non-hydrogen) atoms. The summed E-state index contributed by atoms with van der Waals surface area (Å²) in [5.74, 6) is 11.3. The van der Waals surface area contributed by atoms with Crippen molar-refractivity contribution < 1.29 is 4.74 Å². The fraction of sp³-hybridized carbons (Fsp3) is 0.688. The Labute approximate surface area is 204 Å². The van der Waals surface area contributed by atoms with Crippen molar-refractivity contribution in [2.24, 2.45) is 23.7 Å². The van der Waals surface area contributed by atoms with Gasteiger partial charge in [-0.3, -0.25) is 0 Å². The van der Waals surface area contributed by atoms with Gasteiger partial charge in [0.2, 0.25) is 0 Å². The van der Waals surface area contributed by atoms with Crippen molar-refractivity contribution >= 4 is 0 Å². The Kier molecular flexibility index (Phi) is 12.0. The zero-order valence-corrected chi connectivity index (χ0v) is 21.5. The Morgan fingerprint density at radius 1 is 0.758 bits per heavy atom. The second kappa shape index (κ2) is 15.3. The zero-order chi connectivity index (χ0) is 23.1. The highest BCUT2D eigenvalue weighted by Gasteiger charge is 2.23. The Morgan fingerprint density at radius 2 is 1.33 bits per heavy atom. The molecule has 1 aromatic carbocycles. The van der Waals surface area contributed by atoms with Crippen LogP contribution in [0.5, 0.6) is 5.75 Å². The van der Waals surface area contributed by atoms with E-state index in [1.807, 2.05) is 12.1 Å². The molecular weight excluding hydrogens is 400 g/mol. The lowest BCUT2D eigenvalue weighted by Gasteiger charge is -2.31. The number of rotatable bonds is 11. The van der Waals surface area contributed by atoms with Gasteiger partial charge in [0.25, 0.3) is 0 Å². The molecule has 2 fully saturated rings. The van der Waals surface area contributed by atoms with Gasteiger partial charge in [0, 0.05) is 5.56 Å². The van der Waals surface area contributed by atoms with Crippen LogP contribution in [0.4, 0.5) is 0 Å². The van der Waals surface area contributed by atoms with Crippen LogP contribution >= 0.6 is 0 Å². The summed E-state index contributed by atoms with van der Waals surface area (Å²) in [5.41, 5.74) is 1.06. The quantitative estimate of drug-likeness (QED) is 0.242. The molecule has 0 radical (unpaired) electrons. The third-order valence-electron chi connectivity index (χ3n) is 8.10. The molecular formula is C32H48O. The molecule has 0 aliphatic heterocycles. The average molecular weight is 449 g/mol. The molecule has 0 bridgehead atoms. The maximum atomic E-state index is 5.72. The molecule has 2 aliphatic rings. The SMILES string of the molecule is CCCCOc1ccc(C#CC=C[C@H]2CC[C@H](CC[C@H]3CC[C@H](CCCC)CC3)CC2)cc1. The third-order valence-corrected chi connectivity index (χ3v) is 8.10. The zero-order valence-electron chi connectivity index (χ0n) is 21.5. The summed E-state index contributed by atoms with van der Waals surface area (Å²) in [4.78, 5) is 0. The summed E-state index contributed by atoms with van der Waals surface area (Å²) in [6.45, 7) is 5.31. The van der Waals surface area contributed by atoms with Crippen molar-refractivity contribution in [3.05, 3.63) is 42.0 Å². The molecule has 0 N–H and O–H groups in total. The molecule has 0 heterocycles. The van der Waals surface area contributed by atoms with E-state index >= 15 is 0 Å². The average Bonchev–Trinajstić information content (AvgIpc) is 2.86. The smallest absolute Gasteiger partial charge is 0.119 e. The van der Waals surface area contributed by atoms with E-state index in [9.17, 15) is 0 Å². The number of ether oxygens (including phenoxy) is 1. The topological polar surface area (TPSA) is 9.23 Å². The Balaban J connectivity index is 1.28. The first-order valence-corrected chi connectivity index (χ1v) is 14.2. The van der Waals surface area contributed by atoms with Gasteiger partial charge in [0.15, 0.2) is 0 Å². The van der Waals surface area contributed by atoms with Crippen molar-refractivity contribution in [2.45, 2.75) is 110 Å². The predicted molar refractivity (Wildman–Crippen MR) is 143 cm³/mol. The third kappa shape index (κ3) is 10.00. The van der Waals surface area contributed by atoms with Gasteiger partial charge in [-0.1, -0.05) is 96.0 Å². The summed E-state index contributed by atoms with van der Waals surface area (Å²) in [6, 6.07) is 8.18. The molecule has 2 saturated carbocycles. The summed E-state index contributed by atoms with van der Waals surface area (Å²) in [5, 5.41) is 0. The fourth-order valence-electron chi connectivity index (χ4n) is 5.72. The summed E-state index contributed by atoms with van der Waals surface area (Å²) in [7, 11) is 0. The number of hydrogen-bond acceptors (Lipinski definition) is 1. The van der Waals surface area contributed by atoms with Crippen molar-refractivity contribution in [1.29, 1.82) is 0 Å². The molecule has 3 rings (SSSR count). The Hall–Kier alpha value is -1.68. The van der Waals surface area contributed by atoms with Crippen LogP contribution in [-0.4, -0.2) is 6.61 Å². The molecule has 0 amide bonds. The van der Waals surface area contributed by atoms with E-state index in [4.69, 9.17) is 4.74 Å². The van der Waals surface area contributed by atoms with Crippen molar-refractivity contribution in [3.8, 4) is 17.6 Å². The second-order valence-electron chi connectivity index (χ2n) is 10.7. The normalized spacial score (nSPS) is 25.5. The van der Waals surface area contributed by atoms with Gasteiger partial charge < -0.3 is 4.74 Å². The van der Waals surface area contributed by atoms with Crippen LogP contribution in [-0.2, 0) is 0 Å². The van der Waals surface area contributed by atoms with E-state index in [1.165, 1.54) is 83.5 Å². The van der Waals surface area contributed by atoms with E-state index < -0.39 is 0 Å². The first-order chi connectivity index (χ1) is 16.3. The van der Waals surface area contributed by atoms with Crippen LogP contribution in [0, 0.1) is 35.5 Å². The molecule has 1 heteroatoms. The first kappa shape index (κ1) is 25.9. The number of unbranched alkanes of at least 4 members (excludes halogenated alkanes) is 2. The summed E-state index contributed by atoms with van der Waals surface area (Å²) >= 11 is 0. The van der Waals surface area contributed by atoms with Crippen molar-refractivity contribution in [3.63, 3.8) is 0 Å². The second-order valence-corrected chi connectivity index (χ2v) is 10.7. The minimum Gasteiger partial charge on any atom is -0.494 e. The molecule has 0 spiro atoms. The lowest BCUT2D eigenvalue weighted by atomic mass is 9.75. The first-order valence-electron chi connectivity index (χ1n) is 14.2. The lowest BCUT2D eigenvalue weighted by Crippen LogP contribution is -2.17. The van der Waals surface area contributed by atoms with E-state index in [2.05, 4.69) is 50.0 Å².